The first kappa shape index (κ1) is 20.1. The van der Waals surface area contributed by atoms with Gasteiger partial charge in [0.1, 0.15) is 15.7 Å². The number of thiophene rings is 1. The van der Waals surface area contributed by atoms with Crippen LogP contribution < -0.4 is 10.9 Å². The normalized spacial score (nSPS) is 10.7. The lowest BCUT2D eigenvalue weighted by Crippen LogP contribution is -2.42. The van der Waals surface area contributed by atoms with Crippen LogP contribution >= 0.6 is 23.1 Å². The van der Waals surface area contributed by atoms with Crippen molar-refractivity contribution in [2.24, 2.45) is 0 Å². The number of nitrogens with zero attached hydrogens (tertiary/aromatic N) is 2. The summed E-state index contributed by atoms with van der Waals surface area (Å²) in [5, 5.41) is 1.68. The minimum absolute atomic E-state index is 0.122. The summed E-state index contributed by atoms with van der Waals surface area (Å²) < 4.78 is 0. The number of amides is 2. The average Bonchev–Trinajstić information content (AvgIpc) is 3.21. The van der Waals surface area contributed by atoms with Crippen LogP contribution in [0.3, 0.4) is 0 Å². The summed E-state index contributed by atoms with van der Waals surface area (Å²) in [4.78, 5) is 35.3. The van der Waals surface area contributed by atoms with Gasteiger partial charge in [-0.05, 0) is 30.7 Å². The Morgan fingerprint density at radius 1 is 0.967 bits per heavy atom. The standard InChI is InChI=1S/C22H18N4O2S2/c1-14-23-21(17-12-18(30-22(17)24-14)15-8-4-2-5-9-15)29-13-19(27)25-26-20(28)16-10-6-3-7-11-16/h2-12H,13H2,1H3,(H,25,27)(H,26,28). The lowest BCUT2D eigenvalue weighted by molar-refractivity contribution is -0.119. The highest BCUT2D eigenvalue weighted by Gasteiger charge is 2.14. The lowest BCUT2D eigenvalue weighted by atomic mass is 10.2. The molecule has 0 aliphatic heterocycles. The fourth-order valence-corrected chi connectivity index (χ4v) is 4.80. The zero-order valence-electron chi connectivity index (χ0n) is 16.1. The Morgan fingerprint density at radius 3 is 2.40 bits per heavy atom. The van der Waals surface area contributed by atoms with Crippen LogP contribution in [0.15, 0.2) is 71.8 Å². The van der Waals surface area contributed by atoms with Gasteiger partial charge in [0, 0.05) is 15.8 Å². The first-order valence-electron chi connectivity index (χ1n) is 9.21. The van der Waals surface area contributed by atoms with E-state index in [4.69, 9.17) is 0 Å². The van der Waals surface area contributed by atoms with Crippen LogP contribution in [0.25, 0.3) is 20.7 Å². The molecule has 0 saturated carbocycles. The number of aromatic nitrogens is 2. The number of fused-ring (bicyclic) bond motifs is 1. The summed E-state index contributed by atoms with van der Waals surface area (Å²) in [6, 6.07) is 20.9. The smallest absolute Gasteiger partial charge is 0.269 e. The Bertz CT molecular complexity index is 1190. The van der Waals surface area contributed by atoms with Crippen LogP contribution in [0.4, 0.5) is 0 Å². The minimum Gasteiger partial charge on any atom is -0.272 e. The van der Waals surface area contributed by atoms with Gasteiger partial charge in [0.15, 0.2) is 0 Å². The minimum atomic E-state index is -0.362. The highest BCUT2D eigenvalue weighted by Crippen LogP contribution is 2.36. The van der Waals surface area contributed by atoms with Crippen molar-refractivity contribution in [3.63, 3.8) is 0 Å². The average molecular weight is 435 g/mol. The number of benzene rings is 2. The Morgan fingerprint density at radius 2 is 1.67 bits per heavy atom. The van der Waals surface area contributed by atoms with Gasteiger partial charge in [-0.1, -0.05) is 60.3 Å². The third-order valence-corrected chi connectivity index (χ3v) is 6.29. The molecule has 30 heavy (non-hydrogen) atoms. The number of nitrogens with one attached hydrogen (secondary N) is 2. The fraction of sp³-hybridized carbons (Fsp3) is 0.0909. The van der Waals surface area contributed by atoms with Crippen molar-refractivity contribution in [3.05, 3.63) is 78.1 Å². The first-order valence-corrected chi connectivity index (χ1v) is 11.0. The van der Waals surface area contributed by atoms with E-state index in [1.54, 1.807) is 35.6 Å². The molecule has 0 aliphatic carbocycles. The van der Waals surface area contributed by atoms with Crippen LogP contribution in [0.5, 0.6) is 0 Å². The van der Waals surface area contributed by atoms with Gasteiger partial charge in [0.25, 0.3) is 5.91 Å². The van der Waals surface area contributed by atoms with E-state index >= 15 is 0 Å². The molecule has 0 saturated heterocycles. The van der Waals surface area contributed by atoms with Crippen molar-refractivity contribution >= 4 is 45.1 Å². The highest BCUT2D eigenvalue weighted by molar-refractivity contribution is 8.00. The molecule has 150 valence electrons. The number of rotatable bonds is 5. The maximum atomic E-state index is 12.2. The summed E-state index contributed by atoms with van der Waals surface area (Å²) in [6.45, 7) is 1.84. The zero-order chi connectivity index (χ0) is 20.9. The van der Waals surface area contributed by atoms with Crippen LogP contribution in [0.2, 0.25) is 0 Å². The van der Waals surface area contributed by atoms with Crippen molar-refractivity contribution in [1.82, 2.24) is 20.8 Å². The molecule has 2 N–H and O–H groups in total. The van der Waals surface area contributed by atoms with Crippen LogP contribution in [0.1, 0.15) is 16.2 Å². The van der Waals surface area contributed by atoms with E-state index in [2.05, 4.69) is 39.0 Å². The molecular formula is C22H18N4O2S2. The number of aryl methyl sites for hydroxylation is 1. The molecule has 0 spiro atoms. The molecule has 4 rings (SSSR count). The van der Waals surface area contributed by atoms with E-state index in [9.17, 15) is 9.59 Å². The van der Waals surface area contributed by atoms with Gasteiger partial charge < -0.3 is 0 Å². The second kappa shape index (κ2) is 9.06. The summed E-state index contributed by atoms with van der Waals surface area (Å²) in [6.07, 6.45) is 0. The van der Waals surface area contributed by atoms with Crippen LogP contribution in [-0.2, 0) is 4.79 Å². The second-order valence-corrected chi connectivity index (χ2v) is 8.42. The van der Waals surface area contributed by atoms with Gasteiger partial charge >= 0.3 is 0 Å². The topological polar surface area (TPSA) is 84.0 Å². The molecule has 4 aromatic rings. The third kappa shape index (κ3) is 4.67. The number of carbonyl (C=O) groups is 2. The van der Waals surface area contributed by atoms with Crippen molar-refractivity contribution in [3.8, 4) is 10.4 Å². The molecule has 0 fully saturated rings. The van der Waals surface area contributed by atoms with E-state index < -0.39 is 0 Å². The van der Waals surface area contributed by atoms with E-state index in [1.807, 2.05) is 31.2 Å². The predicted octanol–water partition coefficient (Wildman–Crippen LogP) is 4.22. The number of hydrogen-bond acceptors (Lipinski definition) is 6. The maximum absolute atomic E-state index is 12.2. The number of thioether (sulfide) groups is 1. The Hall–Kier alpha value is -3.23. The van der Waals surface area contributed by atoms with Gasteiger partial charge in [-0.25, -0.2) is 9.97 Å². The quantitative estimate of drug-likeness (QED) is 0.279. The van der Waals surface area contributed by atoms with Gasteiger partial charge in [-0.2, -0.15) is 0 Å². The van der Waals surface area contributed by atoms with E-state index in [0.29, 0.717) is 11.4 Å². The zero-order valence-corrected chi connectivity index (χ0v) is 17.7. The van der Waals surface area contributed by atoms with Gasteiger partial charge in [-0.3, -0.25) is 20.4 Å². The van der Waals surface area contributed by atoms with Crippen molar-refractivity contribution in [1.29, 1.82) is 0 Å². The van der Waals surface area contributed by atoms with E-state index in [0.717, 1.165) is 25.7 Å². The molecule has 0 radical (unpaired) electrons. The van der Waals surface area contributed by atoms with Gasteiger partial charge in [0.2, 0.25) is 5.91 Å². The first-order chi connectivity index (χ1) is 14.6. The van der Waals surface area contributed by atoms with Crippen molar-refractivity contribution in [2.75, 3.05) is 5.75 Å². The molecule has 0 unspecified atom stereocenters. The monoisotopic (exact) mass is 434 g/mol. The van der Waals surface area contributed by atoms with E-state index in [1.165, 1.54) is 11.8 Å². The molecule has 2 aromatic heterocycles. The molecule has 0 bridgehead atoms. The van der Waals surface area contributed by atoms with Crippen molar-refractivity contribution in [2.45, 2.75) is 11.9 Å². The molecule has 2 heterocycles. The summed E-state index contributed by atoms with van der Waals surface area (Å²) in [7, 11) is 0. The van der Waals surface area contributed by atoms with Gasteiger partial charge in [-0.15, -0.1) is 11.3 Å². The predicted molar refractivity (Wildman–Crippen MR) is 120 cm³/mol. The molecule has 8 heteroatoms. The molecular weight excluding hydrogens is 416 g/mol. The Kier molecular flexibility index (Phi) is 6.06. The summed E-state index contributed by atoms with van der Waals surface area (Å²) in [5.74, 6) is 0.105. The SMILES string of the molecule is Cc1nc(SCC(=O)NNC(=O)c2ccccc2)c2cc(-c3ccccc3)sc2n1. The van der Waals surface area contributed by atoms with Crippen molar-refractivity contribution < 1.29 is 9.59 Å². The third-order valence-electron chi connectivity index (χ3n) is 4.22. The Balaban J connectivity index is 1.44. The van der Waals surface area contributed by atoms with Gasteiger partial charge in [0.05, 0.1) is 5.75 Å². The summed E-state index contributed by atoms with van der Waals surface area (Å²) in [5.41, 5.74) is 6.47. The summed E-state index contributed by atoms with van der Waals surface area (Å²) >= 11 is 2.92. The largest absolute Gasteiger partial charge is 0.272 e. The lowest BCUT2D eigenvalue weighted by Gasteiger charge is -2.07. The highest BCUT2D eigenvalue weighted by atomic mass is 32.2. The number of carbonyl (C=O) groups excluding carboxylic acids is 2. The molecule has 2 amide bonds. The van der Waals surface area contributed by atoms with E-state index in [-0.39, 0.29) is 17.6 Å². The molecule has 2 aromatic carbocycles. The molecule has 0 atom stereocenters. The molecule has 6 nitrogen and oxygen atoms in total. The number of hydrogen-bond donors (Lipinski definition) is 2. The molecule has 0 aliphatic rings. The second-order valence-electron chi connectivity index (χ2n) is 6.43. The van der Waals surface area contributed by atoms with Crippen LogP contribution in [0, 0.1) is 6.92 Å². The number of hydrazine groups is 1. The fourth-order valence-electron chi connectivity index (χ4n) is 2.81. The maximum Gasteiger partial charge on any atom is 0.269 e. The van der Waals surface area contributed by atoms with Crippen LogP contribution in [-0.4, -0.2) is 27.5 Å². The Labute approximate surface area is 181 Å².